The van der Waals surface area contributed by atoms with Gasteiger partial charge in [0, 0.05) is 6.54 Å². The average Bonchev–Trinajstić information content (AvgIpc) is 2.79. The average molecular weight is 258 g/mol. The Morgan fingerprint density at radius 3 is 3.12 bits per heavy atom. The number of nitrogens with zero attached hydrogens (tertiary/aromatic N) is 2. The Morgan fingerprint density at radius 2 is 2.53 bits per heavy atom. The molecule has 0 amide bonds. The second-order valence-corrected chi connectivity index (χ2v) is 4.96. The molecule has 94 valence electrons. The minimum atomic E-state index is -0.964. The maximum atomic E-state index is 10.8. The maximum Gasteiger partial charge on any atom is 0.347 e. The molecule has 7 heteroatoms. The Bertz CT molecular complexity index is 409. The Hall–Kier alpha value is -1.18. The Kier molecular flexibility index (Phi) is 3.60. The van der Waals surface area contributed by atoms with Crippen molar-refractivity contribution in [1.82, 2.24) is 4.98 Å². The van der Waals surface area contributed by atoms with Crippen molar-refractivity contribution in [2.24, 2.45) is 0 Å². The number of anilines is 1. The van der Waals surface area contributed by atoms with Crippen LogP contribution in [0.2, 0.25) is 0 Å². The smallest absolute Gasteiger partial charge is 0.347 e. The van der Waals surface area contributed by atoms with Crippen molar-refractivity contribution in [3.63, 3.8) is 0 Å². The molecule has 0 saturated carbocycles. The lowest BCUT2D eigenvalue weighted by Gasteiger charge is -2.37. The molecule has 0 aliphatic carbocycles. The zero-order valence-corrected chi connectivity index (χ0v) is 10.2. The van der Waals surface area contributed by atoms with Crippen LogP contribution >= 0.6 is 11.3 Å². The number of rotatable bonds is 3. The van der Waals surface area contributed by atoms with Gasteiger partial charge in [0.2, 0.25) is 0 Å². The number of ether oxygens (including phenoxy) is 1. The molecule has 2 unspecified atom stereocenters. The lowest BCUT2D eigenvalue weighted by molar-refractivity contribution is -0.0103. The molecule has 0 spiro atoms. The van der Waals surface area contributed by atoms with Crippen molar-refractivity contribution in [3.8, 4) is 0 Å². The Balaban J connectivity index is 2.15. The number of aromatic carboxylic acids is 1. The van der Waals surface area contributed by atoms with Crippen LogP contribution in [0.4, 0.5) is 5.13 Å². The van der Waals surface area contributed by atoms with E-state index in [1.165, 1.54) is 6.20 Å². The van der Waals surface area contributed by atoms with Crippen LogP contribution in [0.15, 0.2) is 6.20 Å². The quantitative estimate of drug-likeness (QED) is 0.818. The van der Waals surface area contributed by atoms with Gasteiger partial charge in [0.25, 0.3) is 0 Å². The summed E-state index contributed by atoms with van der Waals surface area (Å²) in [6.45, 7) is 2.98. The molecule has 1 aliphatic heterocycles. The predicted octanol–water partition coefficient (Wildman–Crippen LogP) is 0.427. The molecule has 1 fully saturated rings. The highest BCUT2D eigenvalue weighted by Gasteiger charge is 2.28. The molecule has 2 N–H and O–H groups in total. The lowest BCUT2D eigenvalue weighted by atomic mass is 10.2. The van der Waals surface area contributed by atoms with E-state index >= 15 is 0 Å². The minimum Gasteiger partial charge on any atom is -0.477 e. The van der Waals surface area contributed by atoms with Crippen molar-refractivity contribution in [3.05, 3.63) is 11.1 Å². The summed E-state index contributed by atoms with van der Waals surface area (Å²) < 4.78 is 5.41. The van der Waals surface area contributed by atoms with Crippen LogP contribution in [-0.2, 0) is 4.74 Å². The SMILES string of the molecule is CC1COC(CO)CN1c1ncc(C(=O)O)s1. The third kappa shape index (κ3) is 2.56. The normalized spacial score (nSPS) is 24.9. The van der Waals surface area contributed by atoms with Crippen LogP contribution in [-0.4, -0.2) is 53.1 Å². The van der Waals surface area contributed by atoms with Crippen molar-refractivity contribution in [1.29, 1.82) is 0 Å². The van der Waals surface area contributed by atoms with Gasteiger partial charge >= 0.3 is 5.97 Å². The van der Waals surface area contributed by atoms with Gasteiger partial charge in [0.1, 0.15) is 4.88 Å². The molecular weight excluding hydrogens is 244 g/mol. The molecule has 1 aromatic rings. The van der Waals surface area contributed by atoms with E-state index in [-0.39, 0.29) is 23.6 Å². The number of carboxylic acid groups (broad SMARTS) is 1. The van der Waals surface area contributed by atoms with Gasteiger partial charge in [-0.1, -0.05) is 11.3 Å². The molecule has 2 rings (SSSR count). The summed E-state index contributed by atoms with van der Waals surface area (Å²) in [6, 6.07) is 0.130. The highest BCUT2D eigenvalue weighted by atomic mass is 32.1. The van der Waals surface area contributed by atoms with E-state index in [9.17, 15) is 4.79 Å². The van der Waals surface area contributed by atoms with Gasteiger partial charge < -0.3 is 19.8 Å². The number of carboxylic acids is 1. The molecule has 2 heterocycles. The van der Waals surface area contributed by atoms with Gasteiger partial charge in [-0.05, 0) is 6.92 Å². The number of hydrogen-bond donors (Lipinski definition) is 2. The Morgan fingerprint density at radius 1 is 1.76 bits per heavy atom. The minimum absolute atomic E-state index is 0.0413. The second kappa shape index (κ2) is 4.99. The van der Waals surface area contributed by atoms with Crippen molar-refractivity contribution in [2.45, 2.75) is 19.1 Å². The second-order valence-electron chi connectivity index (χ2n) is 3.95. The molecular formula is C10H14N2O4S. The van der Waals surface area contributed by atoms with Crippen molar-refractivity contribution >= 4 is 22.4 Å². The van der Waals surface area contributed by atoms with E-state index in [1.54, 1.807) is 0 Å². The first-order valence-corrected chi connectivity index (χ1v) is 6.11. The number of aliphatic hydroxyl groups excluding tert-OH is 1. The van der Waals surface area contributed by atoms with E-state index in [0.717, 1.165) is 11.3 Å². The van der Waals surface area contributed by atoms with Crippen LogP contribution in [0.1, 0.15) is 16.6 Å². The zero-order chi connectivity index (χ0) is 12.4. The highest BCUT2D eigenvalue weighted by Crippen LogP contribution is 2.26. The summed E-state index contributed by atoms with van der Waals surface area (Å²) in [4.78, 5) is 17.1. The summed E-state index contributed by atoms with van der Waals surface area (Å²) >= 11 is 1.14. The van der Waals surface area contributed by atoms with E-state index in [4.69, 9.17) is 14.9 Å². The van der Waals surface area contributed by atoms with Crippen molar-refractivity contribution in [2.75, 3.05) is 24.7 Å². The molecule has 0 bridgehead atoms. The third-order valence-corrected chi connectivity index (χ3v) is 3.68. The number of aromatic nitrogens is 1. The van der Waals surface area contributed by atoms with E-state index in [2.05, 4.69) is 4.98 Å². The van der Waals surface area contributed by atoms with Gasteiger partial charge in [-0.2, -0.15) is 0 Å². The number of carbonyl (C=O) groups is 1. The number of aliphatic hydroxyl groups is 1. The largest absolute Gasteiger partial charge is 0.477 e. The molecule has 1 saturated heterocycles. The van der Waals surface area contributed by atoms with E-state index < -0.39 is 5.97 Å². The highest BCUT2D eigenvalue weighted by molar-refractivity contribution is 7.17. The molecule has 1 aromatic heterocycles. The molecule has 17 heavy (non-hydrogen) atoms. The fourth-order valence-electron chi connectivity index (χ4n) is 1.69. The van der Waals surface area contributed by atoms with Gasteiger partial charge in [-0.3, -0.25) is 0 Å². The third-order valence-electron chi connectivity index (χ3n) is 2.66. The fourth-order valence-corrected chi connectivity index (χ4v) is 2.56. The number of morpholine rings is 1. The predicted molar refractivity (Wildman–Crippen MR) is 62.7 cm³/mol. The summed E-state index contributed by atoms with van der Waals surface area (Å²) in [5.41, 5.74) is 0. The van der Waals surface area contributed by atoms with Gasteiger partial charge in [0.05, 0.1) is 31.6 Å². The van der Waals surface area contributed by atoms with Crippen LogP contribution in [0, 0.1) is 0 Å². The first-order chi connectivity index (χ1) is 8.11. The lowest BCUT2D eigenvalue weighted by Crippen LogP contribution is -2.49. The number of thiazole rings is 1. The monoisotopic (exact) mass is 258 g/mol. The fraction of sp³-hybridized carbons (Fsp3) is 0.600. The Labute approximate surface area is 102 Å². The zero-order valence-electron chi connectivity index (χ0n) is 9.37. The molecule has 2 atom stereocenters. The molecule has 0 aromatic carbocycles. The van der Waals surface area contributed by atoms with Crippen LogP contribution in [0.3, 0.4) is 0 Å². The van der Waals surface area contributed by atoms with Crippen molar-refractivity contribution < 1.29 is 19.7 Å². The van der Waals surface area contributed by atoms with Gasteiger partial charge in [-0.15, -0.1) is 0 Å². The molecule has 6 nitrogen and oxygen atoms in total. The van der Waals surface area contributed by atoms with Gasteiger partial charge in [0.15, 0.2) is 5.13 Å². The van der Waals surface area contributed by atoms with Crippen LogP contribution < -0.4 is 4.90 Å². The summed E-state index contributed by atoms with van der Waals surface area (Å²) in [5, 5.41) is 18.6. The standard InChI is InChI=1S/C10H14N2O4S/c1-6-5-16-7(4-13)3-12(6)10-11-2-8(17-10)9(14)15/h2,6-7,13H,3-5H2,1H3,(H,14,15). The summed E-state index contributed by atoms with van der Waals surface area (Å²) in [5.74, 6) is -0.964. The van der Waals surface area contributed by atoms with Crippen LogP contribution in [0.5, 0.6) is 0 Å². The van der Waals surface area contributed by atoms with Crippen LogP contribution in [0.25, 0.3) is 0 Å². The number of hydrogen-bond acceptors (Lipinski definition) is 6. The van der Waals surface area contributed by atoms with E-state index in [0.29, 0.717) is 18.3 Å². The topological polar surface area (TPSA) is 82.9 Å². The first kappa shape index (κ1) is 12.3. The van der Waals surface area contributed by atoms with Gasteiger partial charge in [-0.25, -0.2) is 9.78 Å². The molecule has 0 radical (unpaired) electrons. The van der Waals surface area contributed by atoms with E-state index in [1.807, 2.05) is 11.8 Å². The first-order valence-electron chi connectivity index (χ1n) is 5.30. The maximum absolute atomic E-state index is 10.8. The summed E-state index contributed by atoms with van der Waals surface area (Å²) in [6.07, 6.45) is 1.13. The molecule has 1 aliphatic rings. The summed E-state index contributed by atoms with van der Waals surface area (Å²) in [7, 11) is 0.